The molecule has 0 fully saturated rings. The van der Waals surface area contributed by atoms with Gasteiger partial charge < -0.3 is 9.87 Å². The van der Waals surface area contributed by atoms with Gasteiger partial charge in [0.25, 0.3) is 0 Å². The zero-order valence-corrected chi connectivity index (χ0v) is 20.7. The number of nitrogens with one attached hydrogen (secondary N) is 2. The Kier molecular flexibility index (Phi) is 7.19. The van der Waals surface area contributed by atoms with E-state index in [9.17, 15) is 9.35 Å². The van der Waals surface area contributed by atoms with Crippen LogP contribution >= 0.6 is 0 Å². The van der Waals surface area contributed by atoms with E-state index in [-0.39, 0.29) is 0 Å². The molecule has 34 heavy (non-hydrogen) atoms. The van der Waals surface area contributed by atoms with Gasteiger partial charge in [-0.1, -0.05) is 49.4 Å². The Balaban J connectivity index is 1.39. The van der Waals surface area contributed by atoms with Crippen molar-refractivity contribution in [1.29, 1.82) is 0 Å². The molecule has 0 bridgehead atoms. The molecule has 2 heterocycles. The number of fused-ring (bicyclic) bond motifs is 1. The van der Waals surface area contributed by atoms with Crippen LogP contribution in [0.25, 0.3) is 16.9 Å². The molecule has 0 aliphatic rings. The molecule has 0 aliphatic heterocycles. The summed E-state index contributed by atoms with van der Waals surface area (Å²) in [5.74, 6) is 0. The van der Waals surface area contributed by atoms with Crippen LogP contribution in [-0.4, -0.2) is 31.5 Å². The van der Waals surface area contributed by atoms with E-state index in [1.807, 2.05) is 39.1 Å². The molecule has 0 saturated carbocycles. The fraction of sp³-hybridized carbons (Fsp3) is 0.269. The molecule has 7 nitrogen and oxygen atoms in total. The third kappa shape index (κ3) is 5.08. The van der Waals surface area contributed by atoms with Gasteiger partial charge in [-0.25, -0.2) is 9.78 Å². The van der Waals surface area contributed by atoms with Gasteiger partial charge >= 0.3 is 6.03 Å². The van der Waals surface area contributed by atoms with Crippen molar-refractivity contribution in [3.8, 4) is 11.3 Å². The Hall–Kier alpha value is -3.36. The number of carbonyl (C=O) groups is 1. The van der Waals surface area contributed by atoms with Crippen molar-refractivity contribution in [2.45, 2.75) is 45.4 Å². The first-order chi connectivity index (χ1) is 16.4. The van der Waals surface area contributed by atoms with E-state index in [0.717, 1.165) is 51.5 Å². The van der Waals surface area contributed by atoms with Crippen LogP contribution in [0, 0.1) is 20.8 Å². The fourth-order valence-corrected chi connectivity index (χ4v) is 4.95. The number of amides is 2. The maximum atomic E-state index is 12.4. The molecule has 0 spiro atoms. The summed E-state index contributed by atoms with van der Waals surface area (Å²) in [7, 11) is 0. The summed E-state index contributed by atoms with van der Waals surface area (Å²) in [5.41, 5.74) is 7.97. The van der Waals surface area contributed by atoms with Gasteiger partial charge in [0.15, 0.2) is 10.5 Å². The minimum absolute atomic E-state index is 0.441. The van der Waals surface area contributed by atoms with Crippen LogP contribution in [0.3, 0.4) is 0 Å². The minimum atomic E-state index is -1.59. The summed E-state index contributed by atoms with van der Waals surface area (Å²) in [5, 5.41) is 2.78. The molecule has 1 unspecified atom stereocenters. The van der Waals surface area contributed by atoms with Crippen LogP contribution in [0.15, 0.2) is 59.6 Å². The molecule has 4 rings (SSSR count). The average molecular weight is 476 g/mol. The largest absolute Gasteiger partial charge is 0.588 e. The first kappa shape index (κ1) is 23.8. The van der Waals surface area contributed by atoms with Crippen LogP contribution in [0.1, 0.15) is 35.1 Å². The molecule has 4 aromatic rings. The highest BCUT2D eigenvalue weighted by Crippen LogP contribution is 2.27. The SMILES string of the molecule is CCc1nc2c(C)nc(C)cn2c1-c1ccc(CCNC(=O)N[S+]([O-])c2ccccc2C)cc1. The quantitative estimate of drug-likeness (QED) is 0.386. The molecular weight excluding hydrogens is 446 g/mol. The molecular formula is C26H29N5O2S. The Morgan fingerprint density at radius 1 is 1.06 bits per heavy atom. The second-order valence-corrected chi connectivity index (χ2v) is 9.44. The van der Waals surface area contributed by atoms with E-state index < -0.39 is 17.4 Å². The zero-order chi connectivity index (χ0) is 24.2. The number of urea groups is 1. The second-order valence-electron chi connectivity index (χ2n) is 8.26. The molecule has 2 aromatic heterocycles. The maximum Gasteiger partial charge on any atom is 0.356 e. The van der Waals surface area contributed by atoms with E-state index >= 15 is 0 Å². The van der Waals surface area contributed by atoms with Crippen LogP contribution in [0.5, 0.6) is 0 Å². The van der Waals surface area contributed by atoms with Gasteiger partial charge in [0.05, 0.1) is 22.8 Å². The summed E-state index contributed by atoms with van der Waals surface area (Å²) in [4.78, 5) is 22.1. The third-order valence-electron chi connectivity index (χ3n) is 5.71. The van der Waals surface area contributed by atoms with Crippen LogP contribution in [0.2, 0.25) is 0 Å². The third-order valence-corrected chi connectivity index (χ3v) is 6.94. The molecule has 1 atom stereocenters. The van der Waals surface area contributed by atoms with E-state index in [0.29, 0.717) is 17.9 Å². The van der Waals surface area contributed by atoms with Crippen LogP contribution in [-0.2, 0) is 24.2 Å². The number of aryl methyl sites for hydroxylation is 4. The highest BCUT2D eigenvalue weighted by atomic mass is 32.2. The van der Waals surface area contributed by atoms with Crippen molar-refractivity contribution >= 4 is 23.0 Å². The minimum Gasteiger partial charge on any atom is -0.588 e. The first-order valence-electron chi connectivity index (χ1n) is 11.3. The van der Waals surface area contributed by atoms with Crippen LogP contribution in [0.4, 0.5) is 4.79 Å². The van der Waals surface area contributed by atoms with E-state index in [4.69, 9.17) is 4.98 Å². The molecule has 8 heteroatoms. The standard InChI is InChI=1S/C26H29N5O2S/c1-5-22-24(31-16-18(3)28-19(4)25(31)29-22)21-12-10-20(11-13-21)14-15-27-26(32)30-34(33)23-9-7-6-8-17(23)2/h6-13,16H,5,14-15H2,1-4H3,(H2,27,30,32). The monoisotopic (exact) mass is 475 g/mol. The van der Waals surface area contributed by atoms with E-state index in [1.54, 1.807) is 12.1 Å². The molecule has 2 N–H and O–H groups in total. The van der Waals surface area contributed by atoms with Crippen molar-refractivity contribution in [2.75, 3.05) is 6.54 Å². The number of benzene rings is 2. The maximum absolute atomic E-state index is 12.4. The molecule has 176 valence electrons. The highest BCUT2D eigenvalue weighted by molar-refractivity contribution is 7.90. The summed E-state index contributed by atoms with van der Waals surface area (Å²) in [6, 6.07) is 15.2. The second kappa shape index (κ2) is 10.3. The zero-order valence-electron chi connectivity index (χ0n) is 19.9. The molecule has 0 aliphatic carbocycles. The smallest absolute Gasteiger partial charge is 0.356 e. The van der Waals surface area contributed by atoms with Crippen molar-refractivity contribution in [3.05, 3.63) is 82.9 Å². The number of aromatic nitrogens is 3. The molecule has 0 saturated heterocycles. The van der Waals surface area contributed by atoms with Crippen molar-refractivity contribution < 1.29 is 9.35 Å². The summed E-state index contributed by atoms with van der Waals surface area (Å²) in [6.45, 7) is 8.39. The normalized spacial score (nSPS) is 12.0. The van der Waals surface area contributed by atoms with Gasteiger partial charge in [-0.05, 0) is 45.2 Å². The van der Waals surface area contributed by atoms with Gasteiger partial charge in [0.2, 0.25) is 0 Å². The number of imidazole rings is 1. The van der Waals surface area contributed by atoms with E-state index in [1.165, 1.54) is 0 Å². The lowest BCUT2D eigenvalue weighted by molar-refractivity contribution is 0.246. The number of hydrogen-bond donors (Lipinski definition) is 2. The number of rotatable bonds is 7. The lowest BCUT2D eigenvalue weighted by Gasteiger charge is -2.13. The van der Waals surface area contributed by atoms with Crippen LogP contribution < -0.4 is 10.0 Å². The number of carbonyl (C=O) groups excluding carboxylic acids is 1. The molecule has 2 amide bonds. The summed E-state index contributed by atoms with van der Waals surface area (Å²) < 4.78 is 17.0. The lowest BCUT2D eigenvalue weighted by Crippen LogP contribution is -2.40. The molecule has 0 radical (unpaired) electrons. The van der Waals surface area contributed by atoms with Gasteiger partial charge in [0.1, 0.15) is 11.4 Å². The topological polar surface area (TPSA) is 94.4 Å². The summed E-state index contributed by atoms with van der Waals surface area (Å²) >= 11 is -1.59. The Bertz CT molecular complexity index is 1320. The Morgan fingerprint density at radius 2 is 1.79 bits per heavy atom. The van der Waals surface area contributed by atoms with Crippen molar-refractivity contribution in [3.63, 3.8) is 0 Å². The van der Waals surface area contributed by atoms with Gasteiger partial charge in [-0.2, -0.15) is 0 Å². The first-order valence-corrected chi connectivity index (χ1v) is 12.5. The Morgan fingerprint density at radius 3 is 2.50 bits per heavy atom. The Labute approximate surface area is 203 Å². The van der Waals surface area contributed by atoms with Gasteiger partial charge in [0, 0.05) is 23.9 Å². The predicted molar refractivity (Wildman–Crippen MR) is 135 cm³/mol. The predicted octanol–water partition coefficient (Wildman–Crippen LogP) is 4.45. The van der Waals surface area contributed by atoms with Crippen molar-refractivity contribution in [1.82, 2.24) is 24.4 Å². The average Bonchev–Trinajstić information content (AvgIpc) is 3.18. The lowest BCUT2D eigenvalue weighted by atomic mass is 10.0. The summed E-state index contributed by atoms with van der Waals surface area (Å²) in [6.07, 6.45) is 3.53. The van der Waals surface area contributed by atoms with Gasteiger partial charge in [-0.15, -0.1) is 4.72 Å². The van der Waals surface area contributed by atoms with E-state index in [2.05, 4.69) is 50.6 Å². The highest BCUT2D eigenvalue weighted by Gasteiger charge is 2.18. The number of hydrogen-bond acceptors (Lipinski definition) is 4. The number of nitrogens with zero attached hydrogens (tertiary/aromatic N) is 3. The van der Waals surface area contributed by atoms with Crippen molar-refractivity contribution in [2.24, 2.45) is 0 Å². The van der Waals surface area contributed by atoms with Gasteiger partial charge in [-0.3, -0.25) is 9.38 Å². The molecule has 2 aromatic carbocycles. The fourth-order valence-electron chi connectivity index (χ4n) is 4.03.